The number of hydrogen-bond acceptors (Lipinski definition) is 4. The summed E-state index contributed by atoms with van der Waals surface area (Å²) in [5.41, 5.74) is 0.692. The second-order valence-electron chi connectivity index (χ2n) is 4.98. The fourth-order valence-electron chi connectivity index (χ4n) is 2.13. The van der Waals surface area contributed by atoms with Crippen LogP contribution in [0.2, 0.25) is 0 Å². The molecule has 5 heteroatoms. The number of nitrogens with one attached hydrogen (secondary N) is 3. The minimum absolute atomic E-state index is 0.0278. The molecule has 0 saturated carbocycles. The molecule has 2 aliphatic heterocycles. The molecule has 2 rings (SSSR count). The van der Waals surface area contributed by atoms with Crippen molar-refractivity contribution in [3.05, 3.63) is 11.9 Å². The van der Waals surface area contributed by atoms with E-state index in [2.05, 4.69) is 34.7 Å². The molecule has 5 nitrogen and oxygen atoms in total. The van der Waals surface area contributed by atoms with E-state index >= 15 is 0 Å². The molecule has 0 aliphatic carbocycles. The monoisotopic (exact) mass is 238 g/mol. The van der Waals surface area contributed by atoms with E-state index < -0.39 is 0 Å². The maximum atomic E-state index is 12.0. The lowest BCUT2D eigenvalue weighted by Gasteiger charge is -2.23. The van der Waals surface area contributed by atoms with Crippen molar-refractivity contribution in [3.8, 4) is 0 Å². The van der Waals surface area contributed by atoms with Crippen molar-refractivity contribution >= 4 is 5.91 Å². The van der Waals surface area contributed by atoms with Crippen LogP contribution in [0.1, 0.15) is 26.7 Å². The molecule has 0 bridgehead atoms. The lowest BCUT2D eigenvalue weighted by molar-refractivity contribution is -0.118. The molecule has 1 saturated heterocycles. The minimum atomic E-state index is 0.0278. The van der Waals surface area contributed by atoms with E-state index in [4.69, 9.17) is 0 Å². The zero-order valence-corrected chi connectivity index (χ0v) is 10.6. The quantitative estimate of drug-likeness (QED) is 0.646. The number of carbonyl (C=O) groups excluding carboxylic acids is 1. The van der Waals surface area contributed by atoms with E-state index in [1.165, 1.54) is 0 Å². The number of rotatable bonds is 3. The summed E-state index contributed by atoms with van der Waals surface area (Å²) in [6.45, 7) is 6.95. The Labute approximate surface area is 103 Å². The third-order valence-corrected chi connectivity index (χ3v) is 3.33. The first-order valence-electron chi connectivity index (χ1n) is 6.40. The highest BCUT2D eigenvalue weighted by molar-refractivity contribution is 5.93. The zero-order valence-electron chi connectivity index (χ0n) is 10.6. The number of carbonyl (C=O) groups is 1. The highest BCUT2D eigenvalue weighted by Gasteiger charge is 2.22. The fourth-order valence-corrected chi connectivity index (χ4v) is 2.13. The number of amides is 1. The molecule has 0 aromatic rings. The van der Waals surface area contributed by atoms with Crippen LogP contribution in [0, 0.1) is 0 Å². The summed E-state index contributed by atoms with van der Waals surface area (Å²) in [6, 6.07) is 0.742. The van der Waals surface area contributed by atoms with Gasteiger partial charge in [-0.2, -0.15) is 0 Å². The molecule has 0 aromatic carbocycles. The Kier molecular flexibility index (Phi) is 3.89. The smallest absolute Gasteiger partial charge is 0.269 e. The molecule has 1 fully saturated rings. The van der Waals surface area contributed by atoms with Gasteiger partial charge in [0.1, 0.15) is 5.70 Å². The Balaban J connectivity index is 1.85. The summed E-state index contributed by atoms with van der Waals surface area (Å²) in [7, 11) is 0. The second-order valence-corrected chi connectivity index (χ2v) is 4.98. The summed E-state index contributed by atoms with van der Waals surface area (Å²) in [5.74, 6) is 0.0278. The van der Waals surface area contributed by atoms with Crippen LogP contribution in [0.3, 0.4) is 0 Å². The molecule has 0 radical (unpaired) electrons. The van der Waals surface area contributed by atoms with Gasteiger partial charge in [-0.15, -0.1) is 0 Å². The molecular formula is C12H22N4O. The average molecular weight is 238 g/mol. The van der Waals surface area contributed by atoms with Crippen LogP contribution in [0.15, 0.2) is 11.9 Å². The molecule has 2 heterocycles. The Morgan fingerprint density at radius 1 is 1.47 bits per heavy atom. The highest BCUT2D eigenvalue weighted by atomic mass is 16.2. The number of nitrogens with zero attached hydrogens (tertiary/aromatic N) is 1. The van der Waals surface area contributed by atoms with Crippen LogP contribution in [0.25, 0.3) is 0 Å². The lowest BCUT2D eigenvalue weighted by atomic mass is 10.1. The first-order valence-corrected chi connectivity index (χ1v) is 6.40. The van der Waals surface area contributed by atoms with Crippen molar-refractivity contribution in [1.29, 1.82) is 0 Å². The number of hydrogen-bond donors (Lipinski definition) is 3. The summed E-state index contributed by atoms with van der Waals surface area (Å²) < 4.78 is 0. The van der Waals surface area contributed by atoms with E-state index in [1.54, 1.807) is 0 Å². The van der Waals surface area contributed by atoms with Crippen LogP contribution >= 0.6 is 0 Å². The lowest BCUT2D eigenvalue weighted by Crippen LogP contribution is -2.44. The highest BCUT2D eigenvalue weighted by Crippen LogP contribution is 2.09. The van der Waals surface area contributed by atoms with Gasteiger partial charge in [-0.3, -0.25) is 4.79 Å². The Hall–Kier alpha value is -1.23. The van der Waals surface area contributed by atoms with Crippen molar-refractivity contribution in [3.63, 3.8) is 0 Å². The van der Waals surface area contributed by atoms with E-state index in [1.807, 2.05) is 6.20 Å². The molecule has 0 aromatic heterocycles. The predicted molar refractivity (Wildman–Crippen MR) is 67.1 cm³/mol. The molecule has 0 unspecified atom stereocenters. The Morgan fingerprint density at radius 2 is 2.18 bits per heavy atom. The third kappa shape index (κ3) is 3.12. The van der Waals surface area contributed by atoms with Gasteiger partial charge in [0.25, 0.3) is 5.91 Å². The van der Waals surface area contributed by atoms with Gasteiger partial charge in [0.05, 0.1) is 6.67 Å². The first kappa shape index (κ1) is 12.2. The van der Waals surface area contributed by atoms with Crippen LogP contribution in [0.4, 0.5) is 0 Å². The Morgan fingerprint density at radius 3 is 2.76 bits per heavy atom. The third-order valence-electron chi connectivity index (χ3n) is 3.33. The molecule has 0 spiro atoms. The van der Waals surface area contributed by atoms with Gasteiger partial charge < -0.3 is 20.9 Å². The average Bonchev–Trinajstić information content (AvgIpc) is 2.79. The molecule has 1 amide bonds. The SMILES string of the molecule is CC(C)N1C=C(C(=O)NC2CCNCC2)NC1. The molecular weight excluding hydrogens is 216 g/mol. The van der Waals surface area contributed by atoms with Gasteiger partial charge in [-0.05, 0) is 39.8 Å². The first-order chi connectivity index (χ1) is 8.16. The van der Waals surface area contributed by atoms with Crippen molar-refractivity contribution in [1.82, 2.24) is 20.9 Å². The van der Waals surface area contributed by atoms with Crippen molar-refractivity contribution in [2.45, 2.75) is 38.8 Å². The van der Waals surface area contributed by atoms with Crippen LogP contribution in [0.5, 0.6) is 0 Å². The summed E-state index contributed by atoms with van der Waals surface area (Å²) in [5, 5.41) is 9.51. The molecule has 96 valence electrons. The normalized spacial score (nSPS) is 21.4. The van der Waals surface area contributed by atoms with Gasteiger partial charge in [0.2, 0.25) is 0 Å². The largest absolute Gasteiger partial charge is 0.362 e. The molecule has 2 aliphatic rings. The van der Waals surface area contributed by atoms with E-state index in [0.717, 1.165) is 32.6 Å². The molecule has 0 atom stereocenters. The van der Waals surface area contributed by atoms with Gasteiger partial charge in [-0.1, -0.05) is 0 Å². The van der Waals surface area contributed by atoms with Gasteiger partial charge in [0, 0.05) is 18.3 Å². The summed E-state index contributed by atoms with van der Waals surface area (Å²) in [4.78, 5) is 14.1. The maximum absolute atomic E-state index is 12.0. The van der Waals surface area contributed by atoms with E-state index in [0.29, 0.717) is 17.8 Å². The van der Waals surface area contributed by atoms with Crippen molar-refractivity contribution in [2.75, 3.05) is 19.8 Å². The van der Waals surface area contributed by atoms with Crippen LogP contribution < -0.4 is 16.0 Å². The van der Waals surface area contributed by atoms with E-state index in [9.17, 15) is 4.79 Å². The minimum Gasteiger partial charge on any atom is -0.362 e. The van der Waals surface area contributed by atoms with Crippen LogP contribution in [-0.4, -0.2) is 42.6 Å². The maximum Gasteiger partial charge on any atom is 0.269 e. The van der Waals surface area contributed by atoms with Crippen molar-refractivity contribution in [2.24, 2.45) is 0 Å². The topological polar surface area (TPSA) is 56.4 Å². The van der Waals surface area contributed by atoms with Crippen molar-refractivity contribution < 1.29 is 4.79 Å². The number of piperidine rings is 1. The van der Waals surface area contributed by atoms with Gasteiger partial charge >= 0.3 is 0 Å². The molecule has 17 heavy (non-hydrogen) atoms. The fraction of sp³-hybridized carbons (Fsp3) is 0.750. The standard InChI is InChI=1S/C12H22N4O/c1-9(2)16-7-11(14-8-16)12(17)15-10-3-5-13-6-4-10/h7,9-10,13-14H,3-6,8H2,1-2H3,(H,15,17). The Bertz CT molecular complexity index is 308. The van der Waals surface area contributed by atoms with E-state index in [-0.39, 0.29) is 5.91 Å². The van der Waals surface area contributed by atoms with Gasteiger partial charge in [0.15, 0.2) is 0 Å². The summed E-state index contributed by atoms with van der Waals surface area (Å²) >= 11 is 0. The zero-order chi connectivity index (χ0) is 12.3. The van der Waals surface area contributed by atoms with Crippen LogP contribution in [-0.2, 0) is 4.79 Å². The predicted octanol–water partition coefficient (Wildman–Crippen LogP) is -0.0329. The van der Waals surface area contributed by atoms with Gasteiger partial charge in [-0.25, -0.2) is 0 Å². The molecule has 3 N–H and O–H groups in total. The second kappa shape index (κ2) is 5.40. The summed E-state index contributed by atoms with van der Waals surface area (Å²) in [6.07, 6.45) is 3.96.